The number of allylic oxidation sites excluding steroid dienone is 3. The monoisotopic (exact) mass is 137 g/mol. The summed E-state index contributed by atoms with van der Waals surface area (Å²) in [6.45, 7) is 4.25. The van der Waals surface area contributed by atoms with E-state index in [2.05, 4.69) is 25.2 Å². The highest BCUT2D eigenvalue weighted by atomic mass is 14.6. The Morgan fingerprint density at radius 2 is 2.40 bits per heavy atom. The zero-order chi connectivity index (χ0) is 7.56. The van der Waals surface area contributed by atoms with Gasteiger partial charge in [-0.3, -0.25) is 0 Å². The number of nitrogens with two attached hydrogens (primary N) is 1. The molecule has 1 nitrogen and oxygen atoms in total. The van der Waals surface area contributed by atoms with E-state index < -0.39 is 0 Å². The minimum absolute atomic E-state index is 0.229. The van der Waals surface area contributed by atoms with Crippen molar-refractivity contribution in [1.82, 2.24) is 0 Å². The SMILES string of the molecule is CC1C=CC=C([C@H](C)N)C1. The Morgan fingerprint density at radius 3 is 2.80 bits per heavy atom. The molecular formula is C9H15N. The topological polar surface area (TPSA) is 26.0 Å². The van der Waals surface area contributed by atoms with E-state index in [-0.39, 0.29) is 6.04 Å². The Labute approximate surface area is 62.6 Å². The summed E-state index contributed by atoms with van der Waals surface area (Å²) in [7, 11) is 0. The van der Waals surface area contributed by atoms with E-state index in [0.29, 0.717) is 5.92 Å². The third-order valence-corrected chi connectivity index (χ3v) is 1.89. The molecule has 0 saturated carbocycles. The van der Waals surface area contributed by atoms with Gasteiger partial charge in [0.25, 0.3) is 0 Å². The van der Waals surface area contributed by atoms with Crippen molar-refractivity contribution in [1.29, 1.82) is 0 Å². The second-order valence-electron chi connectivity index (χ2n) is 3.10. The van der Waals surface area contributed by atoms with Crippen LogP contribution in [0.25, 0.3) is 0 Å². The van der Waals surface area contributed by atoms with Crippen molar-refractivity contribution >= 4 is 0 Å². The van der Waals surface area contributed by atoms with Crippen molar-refractivity contribution in [2.24, 2.45) is 11.7 Å². The Morgan fingerprint density at radius 1 is 1.70 bits per heavy atom. The molecule has 0 heterocycles. The quantitative estimate of drug-likeness (QED) is 0.586. The fraction of sp³-hybridized carbons (Fsp3) is 0.556. The van der Waals surface area contributed by atoms with Gasteiger partial charge in [-0.25, -0.2) is 0 Å². The molecule has 0 spiro atoms. The van der Waals surface area contributed by atoms with Crippen molar-refractivity contribution in [3.63, 3.8) is 0 Å². The van der Waals surface area contributed by atoms with E-state index in [4.69, 9.17) is 5.73 Å². The summed E-state index contributed by atoms with van der Waals surface area (Å²) in [5.41, 5.74) is 7.10. The first-order valence-corrected chi connectivity index (χ1v) is 3.83. The summed E-state index contributed by atoms with van der Waals surface area (Å²) in [4.78, 5) is 0. The maximum atomic E-state index is 5.73. The first-order valence-electron chi connectivity index (χ1n) is 3.83. The van der Waals surface area contributed by atoms with Crippen LogP contribution in [0, 0.1) is 5.92 Å². The molecule has 2 N–H and O–H groups in total. The summed E-state index contributed by atoms with van der Waals surface area (Å²) in [6, 6.07) is 0.229. The van der Waals surface area contributed by atoms with Crippen LogP contribution in [-0.4, -0.2) is 6.04 Å². The van der Waals surface area contributed by atoms with Crippen LogP contribution in [0.15, 0.2) is 23.8 Å². The lowest BCUT2D eigenvalue weighted by Crippen LogP contribution is -2.20. The molecule has 56 valence electrons. The van der Waals surface area contributed by atoms with E-state index in [1.807, 2.05) is 6.92 Å². The smallest absolute Gasteiger partial charge is 0.0228 e. The Balaban J connectivity index is 2.61. The van der Waals surface area contributed by atoms with Gasteiger partial charge in [0.05, 0.1) is 0 Å². The molecule has 1 unspecified atom stereocenters. The predicted molar refractivity (Wildman–Crippen MR) is 44.7 cm³/mol. The molecule has 0 aromatic heterocycles. The molecule has 0 aliphatic heterocycles. The molecule has 0 saturated heterocycles. The molecule has 0 bridgehead atoms. The van der Waals surface area contributed by atoms with Gasteiger partial charge < -0.3 is 5.73 Å². The van der Waals surface area contributed by atoms with Crippen molar-refractivity contribution < 1.29 is 0 Å². The van der Waals surface area contributed by atoms with Crippen molar-refractivity contribution in [3.8, 4) is 0 Å². The zero-order valence-electron chi connectivity index (χ0n) is 6.67. The first-order chi connectivity index (χ1) is 4.70. The van der Waals surface area contributed by atoms with Gasteiger partial charge in [0, 0.05) is 6.04 Å². The van der Waals surface area contributed by atoms with Crippen molar-refractivity contribution in [3.05, 3.63) is 23.8 Å². The van der Waals surface area contributed by atoms with Crippen LogP contribution < -0.4 is 5.73 Å². The van der Waals surface area contributed by atoms with E-state index >= 15 is 0 Å². The summed E-state index contributed by atoms with van der Waals surface area (Å²) in [6.07, 6.45) is 7.58. The van der Waals surface area contributed by atoms with Gasteiger partial charge >= 0.3 is 0 Å². The largest absolute Gasteiger partial charge is 0.324 e. The van der Waals surface area contributed by atoms with E-state index in [1.54, 1.807) is 0 Å². The number of hydrogen-bond donors (Lipinski definition) is 1. The molecule has 0 amide bonds. The second-order valence-corrected chi connectivity index (χ2v) is 3.10. The maximum Gasteiger partial charge on any atom is 0.0228 e. The van der Waals surface area contributed by atoms with Gasteiger partial charge in [-0.15, -0.1) is 0 Å². The minimum Gasteiger partial charge on any atom is -0.324 e. The molecule has 0 aromatic carbocycles. The van der Waals surface area contributed by atoms with Gasteiger partial charge in [0.2, 0.25) is 0 Å². The molecule has 0 aromatic rings. The van der Waals surface area contributed by atoms with Crippen LogP contribution in [0.4, 0.5) is 0 Å². The van der Waals surface area contributed by atoms with Gasteiger partial charge in [0.15, 0.2) is 0 Å². The average molecular weight is 137 g/mol. The maximum absolute atomic E-state index is 5.73. The van der Waals surface area contributed by atoms with Gasteiger partial charge in [-0.1, -0.05) is 30.7 Å². The molecule has 10 heavy (non-hydrogen) atoms. The highest BCUT2D eigenvalue weighted by Gasteiger charge is 2.08. The molecule has 0 fully saturated rings. The zero-order valence-corrected chi connectivity index (χ0v) is 6.67. The third-order valence-electron chi connectivity index (χ3n) is 1.89. The Kier molecular flexibility index (Phi) is 2.28. The normalized spacial score (nSPS) is 27.9. The highest BCUT2D eigenvalue weighted by molar-refractivity contribution is 5.22. The first kappa shape index (κ1) is 7.55. The minimum atomic E-state index is 0.229. The standard InChI is InChI=1S/C9H15N/c1-7-4-3-5-9(6-7)8(2)10/h3-5,7-8H,6,10H2,1-2H3/t7?,8-/m0/s1. The Bertz CT molecular complexity index is 166. The summed E-state index contributed by atoms with van der Waals surface area (Å²) >= 11 is 0. The molecule has 2 atom stereocenters. The van der Waals surface area contributed by atoms with Crippen LogP contribution in [-0.2, 0) is 0 Å². The van der Waals surface area contributed by atoms with Gasteiger partial charge in [0.1, 0.15) is 0 Å². The van der Waals surface area contributed by atoms with Crippen LogP contribution in [0.3, 0.4) is 0 Å². The highest BCUT2D eigenvalue weighted by Crippen LogP contribution is 2.19. The van der Waals surface area contributed by atoms with E-state index in [0.717, 1.165) is 6.42 Å². The molecule has 1 heteroatoms. The molecule has 0 radical (unpaired) electrons. The summed E-state index contributed by atoms with van der Waals surface area (Å²) in [5.74, 6) is 0.672. The average Bonchev–Trinajstić information content (AvgIpc) is 1.88. The molecule has 1 aliphatic carbocycles. The van der Waals surface area contributed by atoms with E-state index in [9.17, 15) is 0 Å². The summed E-state index contributed by atoms with van der Waals surface area (Å²) in [5, 5.41) is 0. The predicted octanol–water partition coefficient (Wildman–Crippen LogP) is 1.86. The summed E-state index contributed by atoms with van der Waals surface area (Å²) < 4.78 is 0. The molecular weight excluding hydrogens is 122 g/mol. The molecule has 1 rings (SSSR count). The number of hydrogen-bond acceptors (Lipinski definition) is 1. The van der Waals surface area contributed by atoms with Crippen LogP contribution >= 0.6 is 0 Å². The van der Waals surface area contributed by atoms with Crippen LogP contribution in [0.5, 0.6) is 0 Å². The van der Waals surface area contributed by atoms with Crippen LogP contribution in [0.2, 0.25) is 0 Å². The fourth-order valence-corrected chi connectivity index (χ4v) is 1.21. The van der Waals surface area contributed by atoms with Crippen molar-refractivity contribution in [2.75, 3.05) is 0 Å². The Hall–Kier alpha value is -0.560. The van der Waals surface area contributed by atoms with E-state index in [1.165, 1.54) is 5.57 Å². The molecule has 1 aliphatic rings. The fourth-order valence-electron chi connectivity index (χ4n) is 1.21. The lowest BCUT2D eigenvalue weighted by Gasteiger charge is -2.16. The lowest BCUT2D eigenvalue weighted by atomic mass is 9.92. The third kappa shape index (κ3) is 1.71. The number of rotatable bonds is 1. The van der Waals surface area contributed by atoms with Crippen LogP contribution in [0.1, 0.15) is 20.3 Å². The van der Waals surface area contributed by atoms with Crippen molar-refractivity contribution in [2.45, 2.75) is 26.3 Å². The second kappa shape index (κ2) is 3.02. The lowest BCUT2D eigenvalue weighted by molar-refractivity contribution is 0.657. The van der Waals surface area contributed by atoms with Gasteiger partial charge in [-0.05, 0) is 19.3 Å². The van der Waals surface area contributed by atoms with Gasteiger partial charge in [-0.2, -0.15) is 0 Å².